The van der Waals surface area contributed by atoms with E-state index in [9.17, 15) is 0 Å². The second-order valence-corrected chi connectivity index (χ2v) is 13.5. The molecule has 2 heteroatoms. The van der Waals surface area contributed by atoms with Crippen LogP contribution in [0.3, 0.4) is 0 Å². The van der Waals surface area contributed by atoms with E-state index in [4.69, 9.17) is 10.8 Å². The third kappa shape index (κ3) is 8.74. The van der Waals surface area contributed by atoms with Crippen LogP contribution in [0.25, 0.3) is 0 Å². The molecule has 0 radical (unpaired) electrons. The zero-order valence-electron chi connectivity index (χ0n) is 17.1. The Morgan fingerprint density at radius 1 is 1.00 bits per heavy atom. The molecule has 1 aromatic carbocycles. The summed E-state index contributed by atoms with van der Waals surface area (Å²) in [4.78, 5) is 0. The molecule has 0 bridgehead atoms. The van der Waals surface area contributed by atoms with Crippen molar-refractivity contribution in [3.05, 3.63) is 35.9 Å². The molecule has 140 valence electrons. The normalized spacial score (nSPS) is 13.4. The predicted octanol–water partition coefficient (Wildman–Crippen LogP) is 6.84. The summed E-state index contributed by atoms with van der Waals surface area (Å²) in [7, 11) is -1.57. The maximum absolute atomic E-state index is 6.24. The summed E-state index contributed by atoms with van der Waals surface area (Å²) in [5.74, 6) is 3.41. The molecular weight excluding hydrogens is 320 g/mol. The van der Waals surface area contributed by atoms with Gasteiger partial charge in [0, 0.05) is 12.5 Å². The van der Waals surface area contributed by atoms with Crippen LogP contribution in [0, 0.1) is 18.3 Å². The van der Waals surface area contributed by atoms with E-state index in [1.807, 2.05) is 0 Å². The maximum atomic E-state index is 6.24. The van der Waals surface area contributed by atoms with E-state index in [-0.39, 0.29) is 0 Å². The van der Waals surface area contributed by atoms with Crippen molar-refractivity contribution in [1.29, 1.82) is 0 Å². The molecule has 1 rings (SSSR count). The van der Waals surface area contributed by atoms with Gasteiger partial charge in [0.15, 0.2) is 8.32 Å². The highest BCUT2D eigenvalue weighted by molar-refractivity contribution is 6.74. The first-order chi connectivity index (χ1) is 11.8. The fourth-order valence-corrected chi connectivity index (χ4v) is 3.77. The number of benzene rings is 1. The Kier molecular flexibility index (Phi) is 9.54. The molecule has 0 heterocycles. The molecule has 1 aromatic rings. The minimum absolute atomic E-state index is 0.311. The van der Waals surface area contributed by atoms with Crippen LogP contribution in [-0.2, 0) is 10.8 Å². The van der Waals surface area contributed by atoms with Gasteiger partial charge in [-0.15, -0.1) is 12.3 Å². The van der Waals surface area contributed by atoms with E-state index in [0.717, 1.165) is 25.9 Å². The van der Waals surface area contributed by atoms with Gasteiger partial charge in [-0.05, 0) is 49.4 Å². The molecule has 0 saturated heterocycles. The maximum Gasteiger partial charge on any atom is 0.191 e. The van der Waals surface area contributed by atoms with Crippen molar-refractivity contribution in [2.75, 3.05) is 6.61 Å². The van der Waals surface area contributed by atoms with E-state index >= 15 is 0 Å². The molecule has 1 nitrogen and oxygen atoms in total. The monoisotopic (exact) mass is 358 g/mol. The molecular formula is C23H38OSi. The first-order valence-electron chi connectivity index (χ1n) is 9.90. The van der Waals surface area contributed by atoms with Gasteiger partial charge >= 0.3 is 0 Å². The van der Waals surface area contributed by atoms with E-state index in [1.165, 1.54) is 31.2 Å². The van der Waals surface area contributed by atoms with Gasteiger partial charge in [-0.25, -0.2) is 0 Å². The number of hydrogen-bond donors (Lipinski definition) is 0. The van der Waals surface area contributed by atoms with Gasteiger partial charge in [-0.1, -0.05) is 70.4 Å². The second-order valence-electron chi connectivity index (χ2n) is 8.70. The Morgan fingerprint density at radius 3 is 2.24 bits per heavy atom. The molecule has 0 aromatic heterocycles. The highest BCUT2D eigenvalue weighted by Gasteiger charge is 2.36. The summed E-state index contributed by atoms with van der Waals surface area (Å²) in [6.07, 6.45) is 14.0. The van der Waals surface area contributed by atoms with Crippen LogP contribution < -0.4 is 0 Å². The van der Waals surface area contributed by atoms with Crippen LogP contribution >= 0.6 is 0 Å². The number of unbranched alkanes of at least 4 members (excludes halogenated alkanes) is 3. The standard InChI is InChI=1S/C23H38OSi/c1-7-21(18-19-22-16-12-10-13-17-22)15-11-8-9-14-20-24-25(5,6)23(2,3)4/h1,10,12-13,16-17,21H,8-9,11,14-15,18-20H2,2-6H3. The van der Waals surface area contributed by atoms with Crippen molar-refractivity contribution in [3.63, 3.8) is 0 Å². The summed E-state index contributed by atoms with van der Waals surface area (Å²) in [5, 5.41) is 0.311. The van der Waals surface area contributed by atoms with Crippen molar-refractivity contribution in [3.8, 4) is 12.3 Å². The Bertz CT molecular complexity index is 507. The predicted molar refractivity (Wildman–Crippen MR) is 113 cm³/mol. The quantitative estimate of drug-likeness (QED) is 0.239. The third-order valence-electron chi connectivity index (χ3n) is 5.58. The lowest BCUT2D eigenvalue weighted by Gasteiger charge is -2.36. The highest BCUT2D eigenvalue weighted by atomic mass is 28.4. The number of hydrogen-bond acceptors (Lipinski definition) is 1. The molecule has 0 saturated carbocycles. The van der Waals surface area contributed by atoms with E-state index in [2.05, 4.69) is 70.1 Å². The lowest BCUT2D eigenvalue weighted by Crippen LogP contribution is -2.40. The first-order valence-corrected chi connectivity index (χ1v) is 12.8. The van der Waals surface area contributed by atoms with Crippen LogP contribution in [0.2, 0.25) is 18.1 Å². The van der Waals surface area contributed by atoms with Crippen LogP contribution in [0.4, 0.5) is 0 Å². The molecule has 0 spiro atoms. The third-order valence-corrected chi connectivity index (χ3v) is 10.1. The summed E-state index contributed by atoms with van der Waals surface area (Å²) < 4.78 is 6.24. The minimum atomic E-state index is -1.57. The lowest BCUT2D eigenvalue weighted by atomic mass is 9.94. The van der Waals surface area contributed by atoms with E-state index in [1.54, 1.807) is 0 Å². The van der Waals surface area contributed by atoms with Gasteiger partial charge in [-0.2, -0.15) is 0 Å². The molecule has 1 atom stereocenters. The molecule has 0 amide bonds. The van der Waals surface area contributed by atoms with Crippen LogP contribution in [0.15, 0.2) is 30.3 Å². The summed E-state index contributed by atoms with van der Waals surface area (Å²) in [6, 6.07) is 10.7. The summed E-state index contributed by atoms with van der Waals surface area (Å²) in [5.41, 5.74) is 1.39. The van der Waals surface area contributed by atoms with Gasteiger partial charge < -0.3 is 4.43 Å². The van der Waals surface area contributed by atoms with Crippen molar-refractivity contribution in [2.45, 2.75) is 83.8 Å². The van der Waals surface area contributed by atoms with Crippen LogP contribution in [-0.4, -0.2) is 14.9 Å². The van der Waals surface area contributed by atoms with Crippen molar-refractivity contribution >= 4 is 8.32 Å². The number of aryl methyl sites for hydroxylation is 1. The van der Waals surface area contributed by atoms with Crippen molar-refractivity contribution in [1.82, 2.24) is 0 Å². The lowest BCUT2D eigenvalue weighted by molar-refractivity contribution is 0.277. The number of terminal acetylenes is 1. The molecule has 25 heavy (non-hydrogen) atoms. The summed E-state index contributed by atoms with van der Waals surface area (Å²) in [6.45, 7) is 12.5. The average Bonchev–Trinajstić information content (AvgIpc) is 2.56. The van der Waals surface area contributed by atoms with Gasteiger partial charge in [0.05, 0.1) is 0 Å². The molecule has 0 aliphatic carbocycles. The Morgan fingerprint density at radius 2 is 1.64 bits per heavy atom. The first kappa shape index (κ1) is 22.0. The minimum Gasteiger partial charge on any atom is -0.417 e. The molecule has 0 aliphatic heterocycles. The molecule has 0 fully saturated rings. The smallest absolute Gasteiger partial charge is 0.191 e. The highest BCUT2D eigenvalue weighted by Crippen LogP contribution is 2.36. The van der Waals surface area contributed by atoms with Crippen LogP contribution in [0.1, 0.15) is 64.9 Å². The molecule has 0 N–H and O–H groups in total. The zero-order chi connectivity index (χ0) is 18.8. The van der Waals surface area contributed by atoms with Crippen molar-refractivity contribution in [2.24, 2.45) is 5.92 Å². The Labute approximate surface area is 157 Å². The summed E-state index contributed by atoms with van der Waals surface area (Å²) >= 11 is 0. The second kappa shape index (κ2) is 10.8. The fraction of sp³-hybridized carbons (Fsp3) is 0.652. The van der Waals surface area contributed by atoms with E-state index < -0.39 is 8.32 Å². The van der Waals surface area contributed by atoms with Gasteiger partial charge in [-0.3, -0.25) is 0 Å². The number of rotatable bonds is 11. The van der Waals surface area contributed by atoms with Crippen LogP contribution in [0.5, 0.6) is 0 Å². The Hall–Kier alpha value is -1.04. The van der Waals surface area contributed by atoms with Crippen molar-refractivity contribution < 1.29 is 4.43 Å². The fourth-order valence-electron chi connectivity index (χ4n) is 2.69. The molecule has 1 unspecified atom stereocenters. The van der Waals surface area contributed by atoms with Gasteiger partial charge in [0.1, 0.15) is 0 Å². The topological polar surface area (TPSA) is 9.23 Å². The van der Waals surface area contributed by atoms with Gasteiger partial charge in [0.2, 0.25) is 0 Å². The molecule has 0 aliphatic rings. The Balaban J connectivity index is 2.11. The average molecular weight is 359 g/mol. The largest absolute Gasteiger partial charge is 0.417 e. The van der Waals surface area contributed by atoms with E-state index in [0.29, 0.717) is 11.0 Å². The van der Waals surface area contributed by atoms with Gasteiger partial charge in [0.25, 0.3) is 0 Å². The zero-order valence-corrected chi connectivity index (χ0v) is 18.1. The SMILES string of the molecule is C#CC(CCCCCCO[Si](C)(C)C(C)(C)C)CCc1ccccc1.